The van der Waals surface area contributed by atoms with E-state index in [0.717, 1.165) is 50.3 Å². The van der Waals surface area contributed by atoms with Crippen molar-refractivity contribution in [3.8, 4) is 16.9 Å². The fraction of sp³-hybridized carbons (Fsp3) is 0.281. The van der Waals surface area contributed by atoms with Crippen LogP contribution in [0.5, 0.6) is 5.75 Å². The number of likely N-dealkylation sites (N-methyl/N-ethyl adjacent to an activating group) is 1. The Hall–Kier alpha value is -4.34. The van der Waals surface area contributed by atoms with E-state index in [9.17, 15) is 9.18 Å². The normalized spacial score (nSPS) is 14.1. The molecule has 0 unspecified atom stereocenters. The first-order valence-electron chi connectivity index (χ1n) is 13.8. The Morgan fingerprint density at radius 1 is 1.07 bits per heavy atom. The van der Waals surface area contributed by atoms with Crippen molar-refractivity contribution in [3.05, 3.63) is 85.0 Å². The van der Waals surface area contributed by atoms with Crippen molar-refractivity contribution in [1.82, 2.24) is 19.8 Å². The van der Waals surface area contributed by atoms with Crippen LogP contribution in [-0.4, -0.2) is 72.1 Å². The molecule has 0 spiro atoms. The van der Waals surface area contributed by atoms with Gasteiger partial charge in [-0.15, -0.1) is 0 Å². The number of amides is 1. The van der Waals surface area contributed by atoms with E-state index in [1.807, 2.05) is 31.2 Å². The molecular formula is C32H35FN6O2. The maximum absolute atomic E-state index is 14.7. The molecule has 212 valence electrons. The predicted molar refractivity (Wildman–Crippen MR) is 162 cm³/mol. The molecule has 0 bridgehead atoms. The molecular weight excluding hydrogens is 519 g/mol. The van der Waals surface area contributed by atoms with Crippen molar-refractivity contribution in [2.45, 2.75) is 13.3 Å². The van der Waals surface area contributed by atoms with Crippen molar-refractivity contribution < 1.29 is 13.9 Å². The maximum Gasteiger partial charge on any atom is 0.247 e. The molecule has 1 amide bonds. The summed E-state index contributed by atoms with van der Waals surface area (Å²) >= 11 is 0. The number of ether oxygens (including phenoxy) is 1. The molecule has 4 aromatic rings. The Labute approximate surface area is 239 Å². The zero-order valence-corrected chi connectivity index (χ0v) is 23.5. The number of nitrogens with zero attached hydrogens (tertiary/aromatic N) is 4. The number of benzene rings is 3. The van der Waals surface area contributed by atoms with E-state index < -0.39 is 0 Å². The fourth-order valence-corrected chi connectivity index (χ4v) is 4.82. The average molecular weight is 555 g/mol. The average Bonchev–Trinajstić information content (AvgIpc) is 2.98. The molecule has 3 aromatic carbocycles. The molecule has 1 aliphatic heterocycles. The van der Waals surface area contributed by atoms with Gasteiger partial charge >= 0.3 is 0 Å². The van der Waals surface area contributed by atoms with E-state index in [1.165, 1.54) is 18.5 Å². The second-order valence-corrected chi connectivity index (χ2v) is 10.3. The van der Waals surface area contributed by atoms with Crippen LogP contribution in [0.15, 0.2) is 73.6 Å². The summed E-state index contributed by atoms with van der Waals surface area (Å²) in [5.74, 6) is 0.390. The molecule has 0 radical (unpaired) electrons. The molecule has 0 saturated carbocycles. The summed E-state index contributed by atoms with van der Waals surface area (Å²) in [6.45, 7) is 11.3. The third-order valence-electron chi connectivity index (χ3n) is 7.24. The SMILES string of the molecule is C=CC(=O)Nc1cc2c(Nc3ccc(F)c(-c4ccc(C)cc4)c3)ncnc2cc1OCCCN1CCN(C)CC1. The number of nitrogens with one attached hydrogen (secondary N) is 2. The summed E-state index contributed by atoms with van der Waals surface area (Å²) in [5, 5.41) is 6.83. The quantitative estimate of drug-likeness (QED) is 0.194. The Kier molecular flexibility index (Phi) is 8.86. The van der Waals surface area contributed by atoms with Gasteiger partial charge in [-0.2, -0.15) is 0 Å². The van der Waals surface area contributed by atoms with Gasteiger partial charge in [-0.3, -0.25) is 4.79 Å². The molecule has 0 atom stereocenters. The number of rotatable bonds is 10. The molecule has 1 saturated heterocycles. The standard InChI is InChI=1S/C32H35FN6O2/c1-4-31(40)37-29-19-26-28(20-30(29)41-17-5-12-39-15-13-38(3)14-16-39)34-21-35-32(26)36-24-10-11-27(33)25(18-24)23-8-6-22(2)7-9-23/h4,6-11,18-21H,1,5,12-17H2,2-3H3,(H,37,40)(H,34,35,36). The van der Waals surface area contributed by atoms with Crippen molar-refractivity contribution in [1.29, 1.82) is 0 Å². The minimum Gasteiger partial charge on any atom is -0.491 e. The maximum atomic E-state index is 14.7. The van der Waals surface area contributed by atoms with Gasteiger partial charge in [-0.25, -0.2) is 14.4 Å². The van der Waals surface area contributed by atoms with Gasteiger partial charge in [0.25, 0.3) is 0 Å². The van der Waals surface area contributed by atoms with Gasteiger partial charge in [-0.1, -0.05) is 36.4 Å². The van der Waals surface area contributed by atoms with Crippen LogP contribution in [0.3, 0.4) is 0 Å². The van der Waals surface area contributed by atoms with Crippen LogP contribution in [0.2, 0.25) is 0 Å². The summed E-state index contributed by atoms with van der Waals surface area (Å²) in [6, 6.07) is 16.2. The second kappa shape index (κ2) is 12.9. The summed E-state index contributed by atoms with van der Waals surface area (Å²) in [4.78, 5) is 25.9. The third-order valence-corrected chi connectivity index (χ3v) is 7.24. The van der Waals surface area contributed by atoms with Gasteiger partial charge in [0.1, 0.15) is 23.7 Å². The summed E-state index contributed by atoms with van der Waals surface area (Å²) < 4.78 is 20.9. The number of carbonyl (C=O) groups excluding carboxylic acids is 1. The van der Waals surface area contributed by atoms with Crippen LogP contribution in [0.1, 0.15) is 12.0 Å². The van der Waals surface area contributed by atoms with E-state index in [4.69, 9.17) is 4.74 Å². The second-order valence-electron chi connectivity index (χ2n) is 10.3. The monoisotopic (exact) mass is 554 g/mol. The smallest absolute Gasteiger partial charge is 0.247 e. The largest absolute Gasteiger partial charge is 0.491 e. The van der Waals surface area contributed by atoms with Crippen molar-refractivity contribution in [3.63, 3.8) is 0 Å². The Balaban J connectivity index is 1.37. The number of carbonyl (C=O) groups is 1. The van der Waals surface area contributed by atoms with Gasteiger partial charge in [0.2, 0.25) is 5.91 Å². The Morgan fingerprint density at radius 3 is 2.61 bits per heavy atom. The highest BCUT2D eigenvalue weighted by Crippen LogP contribution is 2.34. The van der Waals surface area contributed by atoms with Gasteiger partial charge in [0.05, 0.1) is 17.8 Å². The number of hydrogen-bond donors (Lipinski definition) is 2. The highest BCUT2D eigenvalue weighted by Gasteiger charge is 2.16. The summed E-state index contributed by atoms with van der Waals surface area (Å²) in [6.07, 6.45) is 3.54. The van der Waals surface area contributed by atoms with E-state index >= 15 is 0 Å². The van der Waals surface area contributed by atoms with E-state index in [1.54, 1.807) is 24.3 Å². The van der Waals surface area contributed by atoms with Gasteiger partial charge < -0.3 is 25.2 Å². The van der Waals surface area contributed by atoms with Crippen LogP contribution in [0.4, 0.5) is 21.6 Å². The number of aromatic nitrogens is 2. The molecule has 9 heteroatoms. The van der Waals surface area contributed by atoms with Crippen LogP contribution in [0, 0.1) is 12.7 Å². The molecule has 8 nitrogen and oxygen atoms in total. The van der Waals surface area contributed by atoms with Gasteiger partial charge in [0, 0.05) is 55.4 Å². The molecule has 1 fully saturated rings. The fourth-order valence-electron chi connectivity index (χ4n) is 4.82. The predicted octanol–water partition coefficient (Wildman–Crippen LogP) is 5.63. The number of piperazine rings is 1. The first kappa shape index (κ1) is 28.2. The highest BCUT2D eigenvalue weighted by atomic mass is 19.1. The number of aryl methyl sites for hydroxylation is 1. The third kappa shape index (κ3) is 7.06. The lowest BCUT2D eigenvalue weighted by Crippen LogP contribution is -2.44. The first-order valence-corrected chi connectivity index (χ1v) is 13.8. The molecule has 1 aromatic heterocycles. The van der Waals surface area contributed by atoms with Crippen molar-refractivity contribution in [2.75, 3.05) is 57.0 Å². The van der Waals surface area contributed by atoms with Crippen LogP contribution >= 0.6 is 0 Å². The highest BCUT2D eigenvalue weighted by molar-refractivity contribution is 6.03. The molecule has 2 heterocycles. The lowest BCUT2D eigenvalue weighted by Gasteiger charge is -2.32. The van der Waals surface area contributed by atoms with Crippen LogP contribution in [-0.2, 0) is 4.79 Å². The topological polar surface area (TPSA) is 82.6 Å². The number of halogens is 1. The number of fused-ring (bicyclic) bond motifs is 1. The van der Waals surface area contributed by atoms with E-state index in [0.29, 0.717) is 46.0 Å². The Bertz CT molecular complexity index is 1530. The van der Waals surface area contributed by atoms with Gasteiger partial charge in [-0.05, 0) is 56.3 Å². The van der Waals surface area contributed by atoms with E-state index in [2.05, 4.69) is 44.0 Å². The summed E-state index contributed by atoms with van der Waals surface area (Å²) in [5.41, 5.74) is 4.19. The Morgan fingerprint density at radius 2 is 1.85 bits per heavy atom. The lowest BCUT2D eigenvalue weighted by atomic mass is 10.0. The van der Waals surface area contributed by atoms with Crippen molar-refractivity contribution >= 4 is 34.0 Å². The van der Waals surface area contributed by atoms with Crippen LogP contribution < -0.4 is 15.4 Å². The summed E-state index contributed by atoms with van der Waals surface area (Å²) in [7, 11) is 2.14. The number of anilines is 3. The molecule has 1 aliphatic rings. The minimum absolute atomic E-state index is 0.309. The van der Waals surface area contributed by atoms with Gasteiger partial charge in [0.15, 0.2) is 0 Å². The zero-order chi connectivity index (χ0) is 28.8. The molecule has 41 heavy (non-hydrogen) atoms. The van der Waals surface area contributed by atoms with Crippen LogP contribution in [0.25, 0.3) is 22.0 Å². The first-order chi connectivity index (χ1) is 19.9. The van der Waals surface area contributed by atoms with E-state index in [-0.39, 0.29) is 11.7 Å². The molecule has 2 N–H and O–H groups in total. The number of hydrogen-bond acceptors (Lipinski definition) is 7. The molecule has 5 rings (SSSR count). The van der Waals surface area contributed by atoms with Crippen molar-refractivity contribution in [2.24, 2.45) is 0 Å². The minimum atomic E-state index is -0.348. The lowest BCUT2D eigenvalue weighted by molar-refractivity contribution is -0.111. The molecule has 0 aliphatic carbocycles. The zero-order valence-electron chi connectivity index (χ0n) is 23.5.